The molecule has 0 spiro atoms. The Labute approximate surface area is 197 Å². The molecule has 12 heteroatoms. The molecule has 1 saturated heterocycles. The zero-order chi connectivity index (χ0) is 24.5. The number of carbonyl (C=O) groups is 2. The minimum absolute atomic E-state index is 0.234. The summed E-state index contributed by atoms with van der Waals surface area (Å²) in [5.74, 6) is -0.556. The number of aromatic nitrogens is 4. The van der Waals surface area contributed by atoms with E-state index in [1.807, 2.05) is 0 Å². The number of hydrogen-bond acceptors (Lipinski definition) is 8. The third kappa shape index (κ3) is 7.32. The van der Waals surface area contributed by atoms with Gasteiger partial charge in [-0.15, -0.1) is 0 Å². The Morgan fingerprint density at radius 2 is 1.12 bits per heavy atom. The molecule has 1 aliphatic rings. The van der Waals surface area contributed by atoms with Crippen molar-refractivity contribution in [2.75, 3.05) is 52.4 Å². The Hall–Kier alpha value is -3.38. The fraction of sp³-hybridized carbons (Fsp3) is 0.545. The summed E-state index contributed by atoms with van der Waals surface area (Å²) in [4.78, 5) is 51.7. The van der Waals surface area contributed by atoms with Gasteiger partial charge in [0, 0.05) is 65.5 Å². The summed E-state index contributed by atoms with van der Waals surface area (Å²) >= 11 is 0. The molecule has 0 radical (unpaired) electrons. The topological polar surface area (TPSA) is 134 Å². The van der Waals surface area contributed by atoms with Crippen LogP contribution in [-0.2, 0) is 14.1 Å². The van der Waals surface area contributed by atoms with Crippen LogP contribution in [-0.4, -0.2) is 93.5 Å². The summed E-state index contributed by atoms with van der Waals surface area (Å²) in [6, 6.07) is 5.54. The SMILES string of the molecule is Cn1nc(C(=O)NCCCN2CCN(CCCNC(=O)c3ccc(=O)n(C)n3)CC2)ccc1=O. The molecule has 184 valence electrons. The second-order valence-electron chi connectivity index (χ2n) is 8.26. The van der Waals surface area contributed by atoms with Crippen molar-refractivity contribution in [1.29, 1.82) is 0 Å². The van der Waals surface area contributed by atoms with E-state index in [0.29, 0.717) is 13.1 Å². The van der Waals surface area contributed by atoms with Gasteiger partial charge in [0.15, 0.2) is 0 Å². The van der Waals surface area contributed by atoms with Gasteiger partial charge in [-0.25, -0.2) is 9.36 Å². The second-order valence-corrected chi connectivity index (χ2v) is 8.26. The van der Waals surface area contributed by atoms with Crippen molar-refractivity contribution in [3.8, 4) is 0 Å². The highest BCUT2D eigenvalue weighted by Crippen LogP contribution is 2.03. The number of nitrogens with one attached hydrogen (secondary N) is 2. The van der Waals surface area contributed by atoms with Crippen LogP contribution in [0, 0.1) is 0 Å². The van der Waals surface area contributed by atoms with Crippen molar-refractivity contribution >= 4 is 11.8 Å². The van der Waals surface area contributed by atoms with Crippen molar-refractivity contribution in [2.24, 2.45) is 14.1 Å². The molecule has 0 unspecified atom stereocenters. The van der Waals surface area contributed by atoms with Gasteiger partial charge in [0.1, 0.15) is 11.4 Å². The van der Waals surface area contributed by atoms with Gasteiger partial charge in [0.2, 0.25) is 0 Å². The van der Waals surface area contributed by atoms with Gasteiger partial charge in [-0.05, 0) is 38.1 Å². The van der Waals surface area contributed by atoms with Gasteiger partial charge in [-0.1, -0.05) is 0 Å². The quantitative estimate of drug-likeness (QED) is 0.396. The van der Waals surface area contributed by atoms with Crippen molar-refractivity contribution in [3.05, 3.63) is 56.4 Å². The molecule has 2 N–H and O–H groups in total. The standard InChI is InChI=1S/C22H32N8O4/c1-27-19(31)7-5-17(25-27)21(33)23-9-3-11-29-13-15-30(16-14-29)12-4-10-24-22(34)18-6-8-20(32)28(2)26-18/h5-8H,3-4,9-16H2,1-2H3,(H,23,33)(H,24,34). The number of rotatable bonds is 10. The summed E-state index contributed by atoms with van der Waals surface area (Å²) in [6.07, 6.45) is 1.67. The van der Waals surface area contributed by atoms with Crippen LogP contribution in [0.3, 0.4) is 0 Å². The molecule has 2 aromatic heterocycles. The summed E-state index contributed by atoms with van der Waals surface area (Å²) in [5.41, 5.74) is -0.0341. The van der Waals surface area contributed by atoms with E-state index < -0.39 is 0 Å². The molecule has 34 heavy (non-hydrogen) atoms. The highest BCUT2D eigenvalue weighted by atomic mass is 16.2. The molecule has 0 atom stereocenters. The van der Waals surface area contributed by atoms with E-state index in [9.17, 15) is 19.2 Å². The molecule has 1 fully saturated rings. The largest absolute Gasteiger partial charge is 0.351 e. The maximum Gasteiger partial charge on any atom is 0.271 e. The predicted octanol–water partition coefficient (Wildman–Crippen LogP) is -1.57. The molecule has 1 aliphatic heterocycles. The highest BCUT2D eigenvalue weighted by Gasteiger charge is 2.16. The Morgan fingerprint density at radius 3 is 1.47 bits per heavy atom. The summed E-state index contributed by atoms with van der Waals surface area (Å²) in [6.45, 7) is 6.75. The van der Waals surface area contributed by atoms with Gasteiger partial charge in [0.25, 0.3) is 22.9 Å². The number of carbonyl (C=O) groups excluding carboxylic acids is 2. The molecular formula is C22H32N8O4. The lowest BCUT2D eigenvalue weighted by Crippen LogP contribution is -2.47. The molecule has 3 rings (SSSR count). The maximum absolute atomic E-state index is 12.1. The smallest absolute Gasteiger partial charge is 0.271 e. The number of amides is 2. The first-order valence-electron chi connectivity index (χ1n) is 11.4. The van der Waals surface area contributed by atoms with Crippen LogP contribution in [0.25, 0.3) is 0 Å². The predicted molar refractivity (Wildman–Crippen MR) is 126 cm³/mol. The summed E-state index contributed by atoms with van der Waals surface area (Å²) in [5, 5.41) is 13.6. The zero-order valence-corrected chi connectivity index (χ0v) is 19.7. The summed E-state index contributed by atoms with van der Waals surface area (Å²) in [7, 11) is 3.03. The van der Waals surface area contributed by atoms with Gasteiger partial charge in [-0.2, -0.15) is 10.2 Å². The molecule has 0 aromatic carbocycles. The van der Waals surface area contributed by atoms with E-state index in [4.69, 9.17) is 0 Å². The van der Waals surface area contributed by atoms with Crippen molar-refractivity contribution in [2.45, 2.75) is 12.8 Å². The number of piperazine rings is 1. The fourth-order valence-electron chi connectivity index (χ4n) is 3.67. The van der Waals surface area contributed by atoms with Crippen LogP contribution in [0.2, 0.25) is 0 Å². The average molecular weight is 473 g/mol. The van der Waals surface area contributed by atoms with Gasteiger partial charge >= 0.3 is 0 Å². The Balaban J connectivity index is 1.25. The van der Waals surface area contributed by atoms with Gasteiger partial charge < -0.3 is 20.4 Å². The van der Waals surface area contributed by atoms with Crippen LogP contribution in [0.1, 0.15) is 33.8 Å². The molecule has 12 nitrogen and oxygen atoms in total. The minimum atomic E-state index is -0.278. The van der Waals surface area contributed by atoms with Gasteiger partial charge in [-0.3, -0.25) is 19.2 Å². The Bertz CT molecular complexity index is 1020. The minimum Gasteiger partial charge on any atom is -0.351 e. The van der Waals surface area contributed by atoms with Crippen LogP contribution < -0.4 is 21.8 Å². The Morgan fingerprint density at radius 1 is 0.735 bits per heavy atom. The lowest BCUT2D eigenvalue weighted by Gasteiger charge is -2.34. The van der Waals surface area contributed by atoms with Crippen LogP contribution in [0.5, 0.6) is 0 Å². The van der Waals surface area contributed by atoms with Crippen LogP contribution in [0.15, 0.2) is 33.9 Å². The third-order valence-corrected chi connectivity index (χ3v) is 5.72. The van der Waals surface area contributed by atoms with E-state index in [0.717, 1.165) is 61.5 Å². The lowest BCUT2D eigenvalue weighted by atomic mass is 10.2. The Kier molecular flexibility index (Phi) is 9.05. The fourth-order valence-corrected chi connectivity index (χ4v) is 3.67. The van der Waals surface area contributed by atoms with E-state index in [1.54, 1.807) is 0 Å². The van der Waals surface area contributed by atoms with Gasteiger partial charge in [0.05, 0.1) is 0 Å². The van der Waals surface area contributed by atoms with E-state index in [2.05, 4.69) is 30.6 Å². The molecule has 0 bridgehead atoms. The summed E-state index contributed by atoms with van der Waals surface area (Å²) < 4.78 is 2.29. The number of hydrogen-bond donors (Lipinski definition) is 2. The van der Waals surface area contributed by atoms with Crippen molar-refractivity contribution < 1.29 is 9.59 Å². The molecule has 0 saturated carbocycles. The van der Waals surface area contributed by atoms with Crippen molar-refractivity contribution in [3.63, 3.8) is 0 Å². The third-order valence-electron chi connectivity index (χ3n) is 5.72. The lowest BCUT2D eigenvalue weighted by molar-refractivity contribution is 0.0928. The first kappa shape index (κ1) is 25.2. The normalized spacial score (nSPS) is 14.6. The zero-order valence-electron chi connectivity index (χ0n) is 19.7. The highest BCUT2D eigenvalue weighted by molar-refractivity contribution is 5.92. The van der Waals surface area contributed by atoms with E-state index in [1.165, 1.54) is 38.4 Å². The first-order valence-corrected chi connectivity index (χ1v) is 11.4. The van der Waals surface area contributed by atoms with Crippen LogP contribution >= 0.6 is 0 Å². The van der Waals surface area contributed by atoms with Crippen LogP contribution in [0.4, 0.5) is 0 Å². The molecule has 0 aliphatic carbocycles. The molecule has 2 amide bonds. The maximum atomic E-state index is 12.1. The first-order chi connectivity index (χ1) is 16.3. The molecular weight excluding hydrogens is 440 g/mol. The van der Waals surface area contributed by atoms with Crippen molar-refractivity contribution in [1.82, 2.24) is 40.0 Å². The number of nitrogens with zero attached hydrogens (tertiary/aromatic N) is 6. The second kappa shape index (κ2) is 12.2. The van der Waals surface area contributed by atoms with E-state index in [-0.39, 0.29) is 34.3 Å². The monoisotopic (exact) mass is 472 g/mol. The average Bonchev–Trinajstić information content (AvgIpc) is 2.83. The molecule has 3 heterocycles. The van der Waals surface area contributed by atoms with E-state index >= 15 is 0 Å². The number of aryl methyl sites for hydroxylation is 2. The molecule has 2 aromatic rings.